The summed E-state index contributed by atoms with van der Waals surface area (Å²) >= 11 is 0. The molecule has 0 aromatic carbocycles. The van der Waals surface area contributed by atoms with Gasteiger partial charge in [0.25, 0.3) is 0 Å². The molecular weight excluding hydrogens is 383 g/mol. The summed E-state index contributed by atoms with van der Waals surface area (Å²) in [5.74, 6) is 0.568. The van der Waals surface area contributed by atoms with Crippen molar-refractivity contribution in [2.75, 3.05) is 59.7 Å². The Morgan fingerprint density at radius 2 is 2.00 bits per heavy atom. The smallest absolute Gasteiger partial charge is 0.188 e. The van der Waals surface area contributed by atoms with Crippen LogP contribution in [0, 0.1) is 0 Å². The highest BCUT2D eigenvalue weighted by molar-refractivity contribution is 14.0. The summed E-state index contributed by atoms with van der Waals surface area (Å²) in [4.78, 5) is 6.76. The lowest BCUT2D eigenvalue weighted by Crippen LogP contribution is -2.37. The topological polar surface area (TPSA) is 72.1 Å². The van der Waals surface area contributed by atoms with Gasteiger partial charge in [-0.1, -0.05) is 0 Å². The number of hydrogen-bond acceptors (Lipinski definition) is 4. The van der Waals surface area contributed by atoms with Gasteiger partial charge in [-0.25, -0.2) is 0 Å². The lowest BCUT2D eigenvalue weighted by Gasteiger charge is -2.26. The number of methoxy groups -OCH3 is 1. The van der Waals surface area contributed by atoms with Crippen molar-refractivity contribution < 1.29 is 9.47 Å². The maximum absolute atomic E-state index is 5.81. The van der Waals surface area contributed by atoms with Crippen molar-refractivity contribution in [3.05, 3.63) is 0 Å². The molecule has 1 aliphatic rings. The quantitative estimate of drug-likeness (QED) is 0.242. The highest BCUT2D eigenvalue weighted by Gasteiger charge is 2.08. The maximum Gasteiger partial charge on any atom is 0.188 e. The average molecular weight is 414 g/mol. The van der Waals surface area contributed by atoms with Gasteiger partial charge in [0, 0.05) is 46.4 Å². The van der Waals surface area contributed by atoms with Crippen molar-refractivity contribution in [2.24, 2.45) is 10.7 Å². The molecule has 0 saturated carbocycles. The van der Waals surface area contributed by atoms with Crippen molar-refractivity contribution in [1.82, 2.24) is 10.2 Å². The average Bonchev–Trinajstić information content (AvgIpc) is 2.48. The number of nitrogens with one attached hydrogen (secondary N) is 1. The second-order valence-corrected chi connectivity index (χ2v) is 5.05. The van der Waals surface area contributed by atoms with Crippen LogP contribution in [0.5, 0.6) is 0 Å². The standard InChI is InChI=1S/C14H30N4O2.HI/c1-19-11-4-2-3-6-16-14(15)17-7-5-8-18-9-12-20-13-10-18;/h2-13H2,1H3,(H3,15,16,17);1H. The lowest BCUT2D eigenvalue weighted by molar-refractivity contribution is 0.0377. The lowest BCUT2D eigenvalue weighted by atomic mass is 10.2. The van der Waals surface area contributed by atoms with Crippen molar-refractivity contribution in [1.29, 1.82) is 0 Å². The molecule has 21 heavy (non-hydrogen) atoms. The van der Waals surface area contributed by atoms with Crippen LogP contribution in [0.2, 0.25) is 0 Å². The van der Waals surface area contributed by atoms with Gasteiger partial charge >= 0.3 is 0 Å². The number of halogens is 1. The zero-order valence-electron chi connectivity index (χ0n) is 13.2. The number of hydrogen-bond donors (Lipinski definition) is 2. The molecule has 0 atom stereocenters. The first kappa shape index (κ1) is 20.9. The molecule has 0 amide bonds. The number of rotatable bonds is 10. The Balaban J connectivity index is 0.00000400. The zero-order valence-corrected chi connectivity index (χ0v) is 15.5. The predicted molar refractivity (Wildman–Crippen MR) is 97.5 cm³/mol. The van der Waals surface area contributed by atoms with Crippen LogP contribution in [-0.2, 0) is 9.47 Å². The van der Waals surface area contributed by atoms with Gasteiger partial charge in [0.2, 0.25) is 0 Å². The minimum atomic E-state index is 0. The third kappa shape index (κ3) is 12.1. The number of morpholine rings is 1. The Morgan fingerprint density at radius 1 is 1.24 bits per heavy atom. The first-order valence-corrected chi connectivity index (χ1v) is 7.66. The van der Waals surface area contributed by atoms with Crippen molar-refractivity contribution in [3.8, 4) is 0 Å². The van der Waals surface area contributed by atoms with Gasteiger partial charge in [-0.3, -0.25) is 9.89 Å². The van der Waals surface area contributed by atoms with E-state index >= 15 is 0 Å². The molecule has 1 fully saturated rings. The first-order chi connectivity index (χ1) is 9.83. The molecule has 3 N–H and O–H groups in total. The Bertz CT molecular complexity index is 261. The molecule has 0 unspecified atom stereocenters. The summed E-state index contributed by atoms with van der Waals surface area (Å²) in [6.07, 6.45) is 4.42. The number of nitrogens with zero attached hydrogens (tertiary/aromatic N) is 2. The zero-order chi connectivity index (χ0) is 14.5. The van der Waals surface area contributed by atoms with Crippen LogP contribution in [-0.4, -0.2) is 70.5 Å². The van der Waals surface area contributed by atoms with Gasteiger partial charge in [0.1, 0.15) is 0 Å². The molecule has 0 spiro atoms. The van der Waals surface area contributed by atoms with Crippen LogP contribution in [0.4, 0.5) is 0 Å². The van der Waals surface area contributed by atoms with E-state index in [1.165, 1.54) is 0 Å². The Hall–Kier alpha value is -0.120. The maximum atomic E-state index is 5.81. The van der Waals surface area contributed by atoms with Crippen LogP contribution in [0.1, 0.15) is 25.7 Å². The molecule has 6 nitrogen and oxygen atoms in total. The molecule has 0 bridgehead atoms. The highest BCUT2D eigenvalue weighted by Crippen LogP contribution is 1.98. The minimum Gasteiger partial charge on any atom is -0.385 e. The number of unbranched alkanes of at least 4 members (excludes halogenated alkanes) is 2. The predicted octanol–water partition coefficient (Wildman–Crippen LogP) is 1.05. The van der Waals surface area contributed by atoms with E-state index in [4.69, 9.17) is 15.2 Å². The second-order valence-electron chi connectivity index (χ2n) is 5.05. The van der Waals surface area contributed by atoms with Crippen LogP contribution >= 0.6 is 24.0 Å². The number of guanidine groups is 1. The van der Waals surface area contributed by atoms with E-state index in [1.54, 1.807) is 7.11 Å². The van der Waals surface area contributed by atoms with Crippen LogP contribution < -0.4 is 11.1 Å². The number of ether oxygens (including phenoxy) is 2. The second kappa shape index (κ2) is 14.8. The third-order valence-corrected chi connectivity index (χ3v) is 3.35. The highest BCUT2D eigenvalue weighted by atomic mass is 127. The first-order valence-electron chi connectivity index (χ1n) is 7.66. The molecule has 0 radical (unpaired) electrons. The summed E-state index contributed by atoms with van der Waals surface area (Å²) in [5.41, 5.74) is 5.81. The van der Waals surface area contributed by atoms with Gasteiger partial charge in [0.15, 0.2) is 5.96 Å². The number of aliphatic imine (C=N–C) groups is 1. The Morgan fingerprint density at radius 3 is 2.71 bits per heavy atom. The summed E-state index contributed by atoms with van der Waals surface area (Å²) in [6, 6.07) is 0. The fourth-order valence-corrected chi connectivity index (χ4v) is 2.14. The molecule has 1 aliphatic heterocycles. The fraction of sp³-hybridized carbons (Fsp3) is 0.929. The Kier molecular flexibility index (Phi) is 14.7. The van der Waals surface area contributed by atoms with Crippen molar-refractivity contribution >= 4 is 29.9 Å². The van der Waals surface area contributed by atoms with Gasteiger partial charge in [-0.15, -0.1) is 24.0 Å². The van der Waals surface area contributed by atoms with E-state index in [2.05, 4.69) is 15.2 Å². The fourth-order valence-electron chi connectivity index (χ4n) is 2.14. The third-order valence-electron chi connectivity index (χ3n) is 3.35. The molecule has 1 heterocycles. The van der Waals surface area contributed by atoms with Gasteiger partial charge in [-0.05, 0) is 25.7 Å². The molecular formula is C14H31IN4O2. The summed E-state index contributed by atoms with van der Waals surface area (Å²) < 4.78 is 10.3. The van der Waals surface area contributed by atoms with E-state index in [9.17, 15) is 0 Å². The largest absolute Gasteiger partial charge is 0.385 e. The normalized spacial score (nSPS) is 16.5. The molecule has 7 heteroatoms. The van der Waals surface area contributed by atoms with Crippen molar-refractivity contribution in [3.63, 3.8) is 0 Å². The molecule has 1 saturated heterocycles. The SMILES string of the molecule is COCCCCCNC(N)=NCCCN1CCOCC1.I. The Labute approximate surface area is 145 Å². The summed E-state index contributed by atoms with van der Waals surface area (Å²) in [6.45, 7) is 7.40. The van der Waals surface area contributed by atoms with Gasteiger partial charge < -0.3 is 20.5 Å². The van der Waals surface area contributed by atoms with Crippen molar-refractivity contribution in [2.45, 2.75) is 25.7 Å². The molecule has 0 aromatic rings. The summed E-state index contributed by atoms with van der Waals surface area (Å²) in [7, 11) is 1.74. The van der Waals surface area contributed by atoms with E-state index < -0.39 is 0 Å². The van der Waals surface area contributed by atoms with Crippen LogP contribution in [0.15, 0.2) is 4.99 Å². The monoisotopic (exact) mass is 414 g/mol. The minimum absolute atomic E-state index is 0. The summed E-state index contributed by atoms with van der Waals surface area (Å²) in [5, 5.41) is 3.15. The molecule has 0 aliphatic carbocycles. The molecule has 0 aromatic heterocycles. The van der Waals surface area contributed by atoms with Crippen LogP contribution in [0.3, 0.4) is 0 Å². The molecule has 1 rings (SSSR count). The molecule has 126 valence electrons. The van der Waals surface area contributed by atoms with Gasteiger partial charge in [0.05, 0.1) is 13.2 Å². The van der Waals surface area contributed by atoms with E-state index in [-0.39, 0.29) is 24.0 Å². The van der Waals surface area contributed by atoms with Gasteiger partial charge in [-0.2, -0.15) is 0 Å². The number of nitrogens with two attached hydrogens (primary N) is 1. The van der Waals surface area contributed by atoms with E-state index in [0.29, 0.717) is 5.96 Å². The van der Waals surface area contributed by atoms with E-state index in [0.717, 1.165) is 78.2 Å². The van der Waals surface area contributed by atoms with E-state index in [1.807, 2.05) is 0 Å². The van der Waals surface area contributed by atoms with Crippen LogP contribution in [0.25, 0.3) is 0 Å².